The molecular formula is C15H20O3. The third-order valence-corrected chi connectivity index (χ3v) is 4.10. The van der Waals surface area contributed by atoms with Crippen molar-refractivity contribution < 1.29 is 14.2 Å². The Balaban J connectivity index is 1.93. The van der Waals surface area contributed by atoms with Crippen molar-refractivity contribution in [3.8, 4) is 5.75 Å². The highest BCUT2D eigenvalue weighted by Gasteiger charge is 2.50. The molecule has 1 aromatic rings. The van der Waals surface area contributed by atoms with Gasteiger partial charge in [0.05, 0.1) is 20.3 Å². The van der Waals surface area contributed by atoms with Crippen LogP contribution in [0.5, 0.6) is 5.75 Å². The minimum atomic E-state index is -0.530. The molecule has 3 rings (SSSR count). The molecule has 0 spiro atoms. The van der Waals surface area contributed by atoms with Gasteiger partial charge in [0, 0.05) is 12.0 Å². The van der Waals surface area contributed by atoms with Gasteiger partial charge < -0.3 is 14.2 Å². The van der Waals surface area contributed by atoms with Crippen LogP contribution in [-0.4, -0.2) is 20.3 Å². The van der Waals surface area contributed by atoms with Gasteiger partial charge in [0.15, 0.2) is 5.79 Å². The lowest BCUT2D eigenvalue weighted by Crippen LogP contribution is -2.28. The Hall–Kier alpha value is -1.06. The molecule has 2 saturated heterocycles. The van der Waals surface area contributed by atoms with Crippen molar-refractivity contribution >= 4 is 0 Å². The summed E-state index contributed by atoms with van der Waals surface area (Å²) in [7, 11) is 1.68. The Morgan fingerprint density at radius 1 is 1.17 bits per heavy atom. The molecule has 0 saturated carbocycles. The van der Waals surface area contributed by atoms with Crippen LogP contribution in [0.4, 0.5) is 0 Å². The number of hydrogen-bond donors (Lipinski definition) is 0. The molecule has 18 heavy (non-hydrogen) atoms. The molecule has 2 aliphatic heterocycles. The molecule has 2 fully saturated rings. The highest BCUT2D eigenvalue weighted by Crippen LogP contribution is 2.50. The summed E-state index contributed by atoms with van der Waals surface area (Å²) in [6.45, 7) is 3.87. The molecule has 1 aromatic carbocycles. The summed E-state index contributed by atoms with van der Waals surface area (Å²) in [5, 5.41) is 0. The molecule has 2 bridgehead atoms. The Morgan fingerprint density at radius 3 is 2.67 bits per heavy atom. The lowest BCUT2D eigenvalue weighted by atomic mass is 9.82. The summed E-state index contributed by atoms with van der Waals surface area (Å²) in [6.07, 6.45) is 3.26. The van der Waals surface area contributed by atoms with E-state index in [1.165, 1.54) is 6.42 Å². The fraction of sp³-hybridized carbons (Fsp3) is 0.600. The first-order chi connectivity index (χ1) is 8.66. The summed E-state index contributed by atoms with van der Waals surface area (Å²) >= 11 is 0. The highest BCUT2D eigenvalue weighted by molar-refractivity contribution is 5.30. The Labute approximate surface area is 108 Å². The van der Waals surface area contributed by atoms with Gasteiger partial charge >= 0.3 is 0 Å². The predicted octanol–water partition coefficient (Wildman–Crippen LogP) is 3.09. The van der Waals surface area contributed by atoms with Gasteiger partial charge in [0.1, 0.15) is 5.75 Å². The van der Waals surface area contributed by atoms with E-state index in [2.05, 4.69) is 19.1 Å². The first-order valence-electron chi connectivity index (χ1n) is 6.58. The molecule has 2 atom stereocenters. The summed E-state index contributed by atoms with van der Waals surface area (Å²) < 4.78 is 17.3. The molecule has 0 radical (unpaired) electrons. The van der Waals surface area contributed by atoms with E-state index in [0.29, 0.717) is 0 Å². The summed E-state index contributed by atoms with van der Waals surface area (Å²) in [6, 6.07) is 8.04. The van der Waals surface area contributed by atoms with E-state index in [0.717, 1.165) is 37.4 Å². The van der Waals surface area contributed by atoms with Crippen molar-refractivity contribution in [2.24, 2.45) is 5.41 Å². The fourth-order valence-corrected chi connectivity index (χ4v) is 3.06. The number of hydrogen-bond acceptors (Lipinski definition) is 3. The van der Waals surface area contributed by atoms with Crippen LogP contribution in [0.15, 0.2) is 24.3 Å². The number of rotatable bonds is 2. The maximum absolute atomic E-state index is 6.04. The zero-order valence-electron chi connectivity index (χ0n) is 11.1. The van der Waals surface area contributed by atoms with Crippen molar-refractivity contribution in [1.82, 2.24) is 0 Å². The molecule has 2 aliphatic rings. The Kier molecular flexibility index (Phi) is 2.83. The van der Waals surface area contributed by atoms with E-state index in [1.807, 2.05) is 12.1 Å². The van der Waals surface area contributed by atoms with Crippen molar-refractivity contribution in [1.29, 1.82) is 0 Å². The molecule has 0 amide bonds. The van der Waals surface area contributed by atoms with Gasteiger partial charge in [-0.2, -0.15) is 0 Å². The molecule has 98 valence electrons. The van der Waals surface area contributed by atoms with Gasteiger partial charge in [-0.1, -0.05) is 6.92 Å². The molecular weight excluding hydrogens is 228 g/mol. The van der Waals surface area contributed by atoms with Gasteiger partial charge in [0.25, 0.3) is 0 Å². The second-order valence-electron chi connectivity index (χ2n) is 5.71. The van der Waals surface area contributed by atoms with Crippen LogP contribution < -0.4 is 4.74 Å². The van der Waals surface area contributed by atoms with Crippen LogP contribution in [0.3, 0.4) is 0 Å². The number of benzene rings is 1. The first kappa shape index (κ1) is 12.0. The predicted molar refractivity (Wildman–Crippen MR) is 68.5 cm³/mol. The van der Waals surface area contributed by atoms with E-state index in [1.54, 1.807) is 7.11 Å². The van der Waals surface area contributed by atoms with E-state index in [9.17, 15) is 0 Å². The van der Waals surface area contributed by atoms with Crippen LogP contribution in [0, 0.1) is 5.41 Å². The monoisotopic (exact) mass is 248 g/mol. The van der Waals surface area contributed by atoms with Gasteiger partial charge in [-0.15, -0.1) is 0 Å². The third kappa shape index (κ3) is 1.91. The minimum Gasteiger partial charge on any atom is -0.497 e. The molecule has 3 nitrogen and oxygen atoms in total. The first-order valence-corrected chi connectivity index (χ1v) is 6.58. The zero-order chi connectivity index (χ0) is 12.6. The van der Waals surface area contributed by atoms with Gasteiger partial charge in [-0.3, -0.25) is 0 Å². The second-order valence-corrected chi connectivity index (χ2v) is 5.71. The molecule has 0 aliphatic carbocycles. The summed E-state index contributed by atoms with van der Waals surface area (Å²) in [5.74, 6) is 0.335. The third-order valence-electron chi connectivity index (χ3n) is 4.10. The van der Waals surface area contributed by atoms with Crippen LogP contribution in [-0.2, 0) is 15.3 Å². The number of ether oxygens (including phenoxy) is 3. The van der Waals surface area contributed by atoms with E-state index in [4.69, 9.17) is 14.2 Å². The second kappa shape index (κ2) is 4.25. The van der Waals surface area contributed by atoms with Crippen molar-refractivity contribution in [2.45, 2.75) is 32.0 Å². The Bertz CT molecular complexity index is 424. The lowest BCUT2D eigenvalue weighted by Gasteiger charge is -2.28. The van der Waals surface area contributed by atoms with Crippen LogP contribution >= 0.6 is 0 Å². The Morgan fingerprint density at radius 2 is 1.94 bits per heavy atom. The molecule has 2 unspecified atom stereocenters. The number of methoxy groups -OCH3 is 1. The highest BCUT2D eigenvalue weighted by atomic mass is 16.7. The smallest absolute Gasteiger partial charge is 0.195 e. The fourth-order valence-electron chi connectivity index (χ4n) is 3.06. The normalized spacial score (nSPS) is 35.2. The van der Waals surface area contributed by atoms with Crippen LogP contribution in [0.1, 0.15) is 31.7 Å². The van der Waals surface area contributed by atoms with Gasteiger partial charge in [-0.05, 0) is 42.5 Å². The van der Waals surface area contributed by atoms with E-state index in [-0.39, 0.29) is 5.41 Å². The van der Waals surface area contributed by atoms with Crippen molar-refractivity contribution in [3.63, 3.8) is 0 Å². The molecule has 3 heteroatoms. The molecule has 0 aromatic heterocycles. The minimum absolute atomic E-state index is 0.260. The van der Waals surface area contributed by atoms with Crippen LogP contribution in [0.2, 0.25) is 0 Å². The summed E-state index contributed by atoms with van der Waals surface area (Å²) in [5.41, 5.74) is 1.37. The average molecular weight is 248 g/mol. The standard InChI is InChI=1S/C15H20O3/c1-14-8-3-9-17-15(10-14,18-11-14)12-4-6-13(16-2)7-5-12/h4-7H,3,8-11H2,1-2H3. The topological polar surface area (TPSA) is 27.7 Å². The average Bonchev–Trinajstić information content (AvgIpc) is 2.63. The quantitative estimate of drug-likeness (QED) is 0.805. The largest absolute Gasteiger partial charge is 0.497 e. The van der Waals surface area contributed by atoms with E-state index >= 15 is 0 Å². The number of fused-ring (bicyclic) bond motifs is 2. The van der Waals surface area contributed by atoms with Crippen LogP contribution in [0.25, 0.3) is 0 Å². The van der Waals surface area contributed by atoms with Crippen molar-refractivity contribution in [3.05, 3.63) is 29.8 Å². The van der Waals surface area contributed by atoms with Crippen molar-refractivity contribution in [2.75, 3.05) is 20.3 Å². The van der Waals surface area contributed by atoms with E-state index < -0.39 is 5.79 Å². The lowest BCUT2D eigenvalue weighted by molar-refractivity contribution is -0.219. The maximum atomic E-state index is 6.04. The van der Waals surface area contributed by atoms with Gasteiger partial charge in [-0.25, -0.2) is 0 Å². The molecule has 2 heterocycles. The maximum Gasteiger partial charge on any atom is 0.195 e. The zero-order valence-corrected chi connectivity index (χ0v) is 11.1. The molecule has 0 N–H and O–H groups in total. The SMILES string of the molecule is COc1ccc(C23CC(C)(CCCO2)CO3)cc1. The summed E-state index contributed by atoms with van der Waals surface area (Å²) in [4.78, 5) is 0. The van der Waals surface area contributed by atoms with Gasteiger partial charge in [0.2, 0.25) is 0 Å².